The summed E-state index contributed by atoms with van der Waals surface area (Å²) in [5.41, 5.74) is 7.69. The summed E-state index contributed by atoms with van der Waals surface area (Å²) in [4.78, 5) is 36.2. The number of aryl methyl sites for hydroxylation is 1. The second-order valence-corrected chi connectivity index (χ2v) is 6.26. The Hall–Kier alpha value is -3.94. The summed E-state index contributed by atoms with van der Waals surface area (Å²) in [6.45, 7) is 1.97. The van der Waals surface area contributed by atoms with Crippen LogP contribution < -0.4 is 16.2 Å². The second-order valence-electron chi connectivity index (χ2n) is 6.26. The van der Waals surface area contributed by atoms with Crippen molar-refractivity contribution in [3.8, 4) is 22.8 Å². The van der Waals surface area contributed by atoms with Crippen LogP contribution in [0, 0.1) is 6.92 Å². The van der Waals surface area contributed by atoms with Gasteiger partial charge in [-0.05, 0) is 19.1 Å². The zero-order valence-electron chi connectivity index (χ0n) is 15.3. The summed E-state index contributed by atoms with van der Waals surface area (Å²) in [6.07, 6.45) is 0. The fourth-order valence-electron chi connectivity index (χ4n) is 3.03. The number of amides is 1. The van der Waals surface area contributed by atoms with Crippen LogP contribution in [0.15, 0.2) is 53.3 Å². The molecule has 8 heteroatoms. The molecule has 4 rings (SSSR count). The average molecular weight is 375 g/mol. The first-order valence-electron chi connectivity index (χ1n) is 8.52. The molecule has 0 bridgehead atoms. The van der Waals surface area contributed by atoms with Crippen molar-refractivity contribution in [2.24, 2.45) is 5.73 Å². The third-order valence-electron chi connectivity index (χ3n) is 4.41. The summed E-state index contributed by atoms with van der Waals surface area (Å²) >= 11 is 0. The average Bonchev–Trinajstić information content (AvgIpc) is 3.03. The Morgan fingerprint density at radius 3 is 2.50 bits per heavy atom. The molecule has 2 heterocycles. The number of imidazole rings is 1. The van der Waals surface area contributed by atoms with Crippen LogP contribution in [0.5, 0.6) is 5.75 Å². The highest BCUT2D eigenvalue weighted by Crippen LogP contribution is 2.26. The SMILES string of the molecule is COc1ccccc1-n1c(=O)[nH]c2c(C(N)=O)nc(-c3ccc(C)cc3)nc21. The maximum atomic E-state index is 12.7. The Labute approximate surface area is 159 Å². The van der Waals surface area contributed by atoms with Gasteiger partial charge in [0.25, 0.3) is 5.91 Å². The van der Waals surface area contributed by atoms with Crippen molar-refractivity contribution >= 4 is 17.1 Å². The van der Waals surface area contributed by atoms with Gasteiger partial charge in [0.1, 0.15) is 11.3 Å². The molecule has 0 fully saturated rings. The fourth-order valence-corrected chi connectivity index (χ4v) is 3.03. The lowest BCUT2D eigenvalue weighted by molar-refractivity contribution is 0.0997. The summed E-state index contributed by atoms with van der Waals surface area (Å²) < 4.78 is 6.72. The highest BCUT2D eigenvalue weighted by molar-refractivity contribution is 6.02. The van der Waals surface area contributed by atoms with E-state index < -0.39 is 11.6 Å². The molecule has 0 saturated carbocycles. The zero-order valence-corrected chi connectivity index (χ0v) is 15.3. The van der Waals surface area contributed by atoms with Crippen LogP contribution in [-0.2, 0) is 0 Å². The van der Waals surface area contributed by atoms with Gasteiger partial charge in [0, 0.05) is 5.56 Å². The third-order valence-corrected chi connectivity index (χ3v) is 4.41. The van der Waals surface area contributed by atoms with E-state index in [2.05, 4.69) is 15.0 Å². The van der Waals surface area contributed by atoms with Crippen molar-refractivity contribution in [3.63, 3.8) is 0 Å². The van der Waals surface area contributed by atoms with E-state index in [0.717, 1.165) is 5.56 Å². The standard InChI is InChI=1S/C20H17N5O3/c1-11-7-9-12(10-8-11)18-22-15(17(21)26)16-19(24-18)25(20(27)23-16)13-5-3-4-6-14(13)28-2/h3-10H,1-2H3,(H2,21,26)(H,23,27). The number of carbonyl (C=O) groups is 1. The number of nitrogens with two attached hydrogens (primary N) is 1. The Kier molecular flexibility index (Phi) is 4.15. The number of ether oxygens (including phenoxy) is 1. The van der Waals surface area contributed by atoms with Gasteiger partial charge < -0.3 is 15.5 Å². The van der Waals surface area contributed by atoms with E-state index in [0.29, 0.717) is 22.8 Å². The predicted molar refractivity (Wildman–Crippen MR) is 105 cm³/mol. The Balaban J connectivity index is 2.07. The zero-order chi connectivity index (χ0) is 19.8. The van der Waals surface area contributed by atoms with E-state index in [9.17, 15) is 9.59 Å². The smallest absolute Gasteiger partial charge is 0.332 e. The van der Waals surface area contributed by atoms with E-state index >= 15 is 0 Å². The number of nitrogens with one attached hydrogen (secondary N) is 1. The van der Waals surface area contributed by atoms with Crippen LogP contribution in [0.4, 0.5) is 0 Å². The molecule has 2 aromatic heterocycles. The van der Waals surface area contributed by atoms with Gasteiger partial charge in [-0.25, -0.2) is 19.3 Å². The van der Waals surface area contributed by atoms with Crippen molar-refractivity contribution in [3.05, 3.63) is 70.3 Å². The van der Waals surface area contributed by atoms with Crippen LogP contribution in [0.3, 0.4) is 0 Å². The molecule has 0 aliphatic rings. The van der Waals surface area contributed by atoms with Gasteiger partial charge >= 0.3 is 5.69 Å². The first-order chi connectivity index (χ1) is 13.5. The monoisotopic (exact) mass is 375 g/mol. The van der Waals surface area contributed by atoms with Crippen molar-refractivity contribution in [1.29, 1.82) is 0 Å². The number of H-pyrrole nitrogens is 1. The van der Waals surface area contributed by atoms with Gasteiger partial charge in [-0.3, -0.25) is 4.79 Å². The number of aromatic nitrogens is 4. The van der Waals surface area contributed by atoms with Crippen molar-refractivity contribution < 1.29 is 9.53 Å². The molecular formula is C20H17N5O3. The maximum absolute atomic E-state index is 12.7. The van der Waals surface area contributed by atoms with E-state index in [4.69, 9.17) is 10.5 Å². The van der Waals surface area contributed by atoms with Gasteiger partial charge in [0.05, 0.1) is 12.8 Å². The van der Waals surface area contributed by atoms with Crippen LogP contribution in [0.25, 0.3) is 28.2 Å². The molecule has 0 atom stereocenters. The number of primary amides is 1. The minimum absolute atomic E-state index is 0.0497. The van der Waals surface area contributed by atoms with Crippen molar-refractivity contribution in [1.82, 2.24) is 19.5 Å². The molecule has 3 N–H and O–H groups in total. The number of rotatable bonds is 4. The molecule has 0 saturated heterocycles. The molecule has 1 amide bonds. The lowest BCUT2D eigenvalue weighted by Crippen LogP contribution is -2.16. The number of para-hydroxylation sites is 2. The van der Waals surface area contributed by atoms with Crippen molar-refractivity contribution in [2.45, 2.75) is 6.92 Å². The molecule has 8 nitrogen and oxygen atoms in total. The fraction of sp³-hybridized carbons (Fsp3) is 0.100. The number of hydrogen-bond acceptors (Lipinski definition) is 5. The minimum Gasteiger partial charge on any atom is -0.495 e. The number of methoxy groups -OCH3 is 1. The molecule has 0 unspecified atom stereocenters. The molecule has 140 valence electrons. The van der Waals surface area contributed by atoms with Crippen LogP contribution in [-0.4, -0.2) is 32.5 Å². The largest absolute Gasteiger partial charge is 0.495 e. The third kappa shape index (κ3) is 2.81. The van der Waals surface area contributed by atoms with Gasteiger partial charge in [0.2, 0.25) is 0 Å². The van der Waals surface area contributed by atoms with Gasteiger partial charge in [-0.2, -0.15) is 0 Å². The molecule has 2 aromatic carbocycles. The van der Waals surface area contributed by atoms with Crippen molar-refractivity contribution in [2.75, 3.05) is 7.11 Å². The first kappa shape index (κ1) is 17.5. The topological polar surface area (TPSA) is 116 Å². The molecule has 0 spiro atoms. The summed E-state index contributed by atoms with van der Waals surface area (Å²) in [6, 6.07) is 14.6. The maximum Gasteiger partial charge on any atom is 0.332 e. The minimum atomic E-state index is -0.755. The number of aromatic amines is 1. The van der Waals surface area contributed by atoms with Gasteiger partial charge in [-0.1, -0.05) is 42.0 Å². The second kappa shape index (κ2) is 6.66. The van der Waals surface area contributed by atoms with Gasteiger partial charge in [-0.15, -0.1) is 0 Å². The van der Waals surface area contributed by atoms with E-state index in [1.165, 1.54) is 11.7 Å². The molecule has 0 aliphatic heterocycles. The van der Waals surface area contributed by atoms with Gasteiger partial charge in [0.15, 0.2) is 17.2 Å². The quantitative estimate of drug-likeness (QED) is 0.567. The van der Waals surface area contributed by atoms with E-state index in [1.807, 2.05) is 31.2 Å². The number of carbonyl (C=O) groups excluding carboxylic acids is 1. The molecule has 4 aromatic rings. The lowest BCUT2D eigenvalue weighted by Gasteiger charge is -2.10. The van der Waals surface area contributed by atoms with Crippen LogP contribution in [0.2, 0.25) is 0 Å². The summed E-state index contributed by atoms with van der Waals surface area (Å²) in [5.74, 6) is 0.0276. The van der Waals surface area contributed by atoms with E-state index in [-0.39, 0.29) is 16.9 Å². The molecule has 0 aliphatic carbocycles. The number of benzene rings is 2. The Morgan fingerprint density at radius 1 is 1.11 bits per heavy atom. The van der Waals surface area contributed by atoms with E-state index in [1.54, 1.807) is 24.3 Å². The Bertz CT molecular complexity index is 1260. The Morgan fingerprint density at radius 2 is 1.82 bits per heavy atom. The summed E-state index contributed by atoms with van der Waals surface area (Å²) in [5, 5.41) is 0. The highest BCUT2D eigenvalue weighted by atomic mass is 16.5. The molecular weight excluding hydrogens is 358 g/mol. The number of fused-ring (bicyclic) bond motifs is 1. The molecule has 28 heavy (non-hydrogen) atoms. The molecule has 0 radical (unpaired) electrons. The number of nitrogens with zero attached hydrogens (tertiary/aromatic N) is 3. The lowest BCUT2D eigenvalue weighted by atomic mass is 10.1. The van der Waals surface area contributed by atoms with Crippen LogP contribution in [0.1, 0.15) is 16.1 Å². The first-order valence-corrected chi connectivity index (χ1v) is 8.52. The normalized spacial score (nSPS) is 10.9. The number of hydrogen-bond donors (Lipinski definition) is 2. The highest BCUT2D eigenvalue weighted by Gasteiger charge is 2.21. The van der Waals surface area contributed by atoms with Crippen LogP contribution >= 0.6 is 0 Å². The predicted octanol–water partition coefficient (Wildman–Crippen LogP) is 2.19. The summed E-state index contributed by atoms with van der Waals surface area (Å²) in [7, 11) is 1.51.